The van der Waals surface area contributed by atoms with Gasteiger partial charge in [-0.2, -0.15) is 5.26 Å². The molecule has 0 heterocycles. The van der Waals surface area contributed by atoms with Crippen LogP contribution in [0, 0.1) is 54.3 Å². The number of hydrogen-bond donors (Lipinski definition) is 0. The first kappa shape index (κ1) is 17.7. The number of nitrogens with zero attached hydrogens (tertiary/aromatic N) is 1. The Bertz CT molecular complexity index is 743. The first-order valence-electron chi connectivity index (χ1n) is 9.00. The number of benzene rings is 1. The van der Waals surface area contributed by atoms with Gasteiger partial charge in [-0.15, -0.1) is 0 Å². The van der Waals surface area contributed by atoms with E-state index in [1.165, 1.54) is 23.6 Å². The predicted octanol–water partition coefficient (Wildman–Crippen LogP) is 3.39. The lowest BCUT2D eigenvalue weighted by atomic mass is 9.77. The number of ketones is 1. The van der Waals surface area contributed by atoms with Gasteiger partial charge in [-0.1, -0.05) is 29.3 Å². The summed E-state index contributed by atoms with van der Waals surface area (Å²) in [4.78, 5) is 24.7. The highest BCUT2D eigenvalue weighted by atomic mass is 16.5. The van der Waals surface area contributed by atoms with Gasteiger partial charge < -0.3 is 4.74 Å². The van der Waals surface area contributed by atoms with E-state index in [9.17, 15) is 14.9 Å². The van der Waals surface area contributed by atoms with E-state index in [1.807, 2.05) is 0 Å². The SMILES string of the molecule is CCOC(=O)C1C2CC(Cc3cc(C)cc(C)c3)C(C#N)C21C(C)=O. The van der Waals surface area contributed by atoms with Gasteiger partial charge in [0.25, 0.3) is 0 Å². The van der Waals surface area contributed by atoms with Crippen molar-refractivity contribution in [2.75, 3.05) is 6.61 Å². The molecule has 4 nitrogen and oxygen atoms in total. The van der Waals surface area contributed by atoms with Gasteiger partial charge in [0, 0.05) is 0 Å². The Labute approximate surface area is 149 Å². The number of Topliss-reactive ketones (excluding diaryl/α,β-unsaturated/α-hetero) is 1. The minimum absolute atomic E-state index is 0.0370. The van der Waals surface area contributed by atoms with Crippen molar-refractivity contribution in [1.29, 1.82) is 5.26 Å². The van der Waals surface area contributed by atoms with Crippen LogP contribution in [0.2, 0.25) is 0 Å². The monoisotopic (exact) mass is 339 g/mol. The quantitative estimate of drug-likeness (QED) is 0.771. The molecule has 132 valence electrons. The summed E-state index contributed by atoms with van der Waals surface area (Å²) in [5.41, 5.74) is 2.80. The van der Waals surface area contributed by atoms with Crippen molar-refractivity contribution in [3.05, 3.63) is 34.9 Å². The molecule has 1 aromatic rings. The lowest BCUT2D eigenvalue weighted by Gasteiger charge is -2.24. The summed E-state index contributed by atoms with van der Waals surface area (Å²) in [7, 11) is 0. The second-order valence-corrected chi connectivity index (χ2v) is 7.63. The molecule has 3 rings (SSSR count). The Morgan fingerprint density at radius 2 is 1.92 bits per heavy atom. The molecule has 0 bridgehead atoms. The molecule has 2 fully saturated rings. The zero-order valence-electron chi connectivity index (χ0n) is 15.3. The number of fused-ring (bicyclic) bond motifs is 1. The molecule has 0 aliphatic heterocycles. The van der Waals surface area contributed by atoms with Crippen molar-refractivity contribution in [3.63, 3.8) is 0 Å². The average Bonchev–Trinajstić information content (AvgIpc) is 3.06. The largest absolute Gasteiger partial charge is 0.466 e. The summed E-state index contributed by atoms with van der Waals surface area (Å²) in [5.74, 6) is -1.11. The minimum Gasteiger partial charge on any atom is -0.466 e. The smallest absolute Gasteiger partial charge is 0.310 e. The third-order valence-electron chi connectivity index (χ3n) is 6.03. The van der Waals surface area contributed by atoms with Gasteiger partial charge in [-0.25, -0.2) is 0 Å². The number of carbonyl (C=O) groups is 2. The third-order valence-corrected chi connectivity index (χ3v) is 6.03. The highest BCUT2D eigenvalue weighted by Crippen LogP contribution is 2.73. The van der Waals surface area contributed by atoms with E-state index in [1.54, 1.807) is 6.92 Å². The lowest BCUT2D eigenvalue weighted by Crippen LogP contribution is -2.31. The molecule has 0 saturated heterocycles. The fourth-order valence-electron chi connectivity index (χ4n) is 5.28. The Balaban J connectivity index is 1.86. The maximum absolute atomic E-state index is 12.4. The molecule has 0 radical (unpaired) electrons. The van der Waals surface area contributed by atoms with Crippen LogP contribution in [-0.4, -0.2) is 18.4 Å². The van der Waals surface area contributed by atoms with Crippen molar-refractivity contribution in [2.45, 2.75) is 40.5 Å². The molecule has 1 aromatic carbocycles. The standard InChI is InChI=1S/C21H25NO3/c1-5-25-20(24)19-17-10-16(18(11-22)21(17,19)14(4)23)9-15-7-12(2)6-13(3)8-15/h6-8,16-19H,5,9-10H2,1-4H3. The number of aryl methyl sites for hydroxylation is 2. The molecular formula is C21H25NO3. The van der Waals surface area contributed by atoms with Crippen LogP contribution in [0.1, 0.15) is 37.0 Å². The molecule has 2 saturated carbocycles. The van der Waals surface area contributed by atoms with E-state index in [0.29, 0.717) is 6.61 Å². The average molecular weight is 339 g/mol. The molecule has 0 aromatic heterocycles. The Kier molecular flexibility index (Phi) is 4.45. The Hall–Kier alpha value is -2.15. The first-order valence-corrected chi connectivity index (χ1v) is 9.00. The second-order valence-electron chi connectivity index (χ2n) is 7.63. The molecule has 0 N–H and O–H groups in total. The molecule has 0 amide bonds. The number of esters is 1. The number of hydrogen-bond acceptors (Lipinski definition) is 4. The van der Waals surface area contributed by atoms with E-state index in [0.717, 1.165) is 12.8 Å². The maximum atomic E-state index is 12.4. The second kappa shape index (κ2) is 6.29. The van der Waals surface area contributed by atoms with Crippen molar-refractivity contribution < 1.29 is 14.3 Å². The van der Waals surface area contributed by atoms with Crippen LogP contribution in [0.3, 0.4) is 0 Å². The van der Waals surface area contributed by atoms with Gasteiger partial charge in [0.15, 0.2) is 0 Å². The van der Waals surface area contributed by atoms with Crippen molar-refractivity contribution in [3.8, 4) is 6.07 Å². The number of nitriles is 1. The summed E-state index contributed by atoms with van der Waals surface area (Å²) in [5, 5.41) is 9.81. The fourth-order valence-corrected chi connectivity index (χ4v) is 5.28. The predicted molar refractivity (Wildman–Crippen MR) is 93.6 cm³/mol. The summed E-state index contributed by atoms with van der Waals surface area (Å²) in [6, 6.07) is 8.80. The third kappa shape index (κ3) is 2.66. The Morgan fingerprint density at radius 3 is 2.44 bits per heavy atom. The number of carbonyl (C=O) groups excluding carboxylic acids is 2. The van der Waals surface area contributed by atoms with Crippen molar-refractivity contribution in [2.24, 2.45) is 29.1 Å². The molecule has 2 aliphatic carbocycles. The topological polar surface area (TPSA) is 67.2 Å². The van der Waals surface area contributed by atoms with E-state index in [-0.39, 0.29) is 23.6 Å². The van der Waals surface area contributed by atoms with Gasteiger partial charge in [0.1, 0.15) is 5.78 Å². The van der Waals surface area contributed by atoms with Crippen molar-refractivity contribution in [1.82, 2.24) is 0 Å². The van der Waals surface area contributed by atoms with Crippen molar-refractivity contribution >= 4 is 11.8 Å². The number of rotatable bonds is 5. The zero-order valence-corrected chi connectivity index (χ0v) is 15.3. The summed E-state index contributed by atoms with van der Waals surface area (Å²) in [6.45, 7) is 7.73. The summed E-state index contributed by atoms with van der Waals surface area (Å²) < 4.78 is 5.15. The molecule has 5 atom stereocenters. The van der Waals surface area contributed by atoms with Gasteiger partial charge in [-0.05, 0) is 57.9 Å². The van der Waals surface area contributed by atoms with Crippen LogP contribution < -0.4 is 0 Å². The van der Waals surface area contributed by atoms with E-state index in [4.69, 9.17) is 4.74 Å². The van der Waals surface area contributed by atoms with Gasteiger partial charge in [0.05, 0.1) is 29.9 Å². The first-order chi connectivity index (χ1) is 11.9. The molecule has 4 heteroatoms. The molecule has 5 unspecified atom stereocenters. The highest BCUT2D eigenvalue weighted by Gasteiger charge is 2.79. The lowest BCUT2D eigenvalue weighted by molar-refractivity contribution is -0.148. The molecular weight excluding hydrogens is 314 g/mol. The van der Waals surface area contributed by atoms with Crippen LogP contribution in [-0.2, 0) is 20.7 Å². The Morgan fingerprint density at radius 1 is 1.28 bits per heavy atom. The van der Waals surface area contributed by atoms with Crippen LogP contribution >= 0.6 is 0 Å². The van der Waals surface area contributed by atoms with E-state index >= 15 is 0 Å². The van der Waals surface area contributed by atoms with Crippen LogP contribution in [0.25, 0.3) is 0 Å². The molecule has 2 aliphatic rings. The number of ether oxygens (including phenoxy) is 1. The van der Waals surface area contributed by atoms with E-state index in [2.05, 4.69) is 38.1 Å². The van der Waals surface area contributed by atoms with Crippen LogP contribution in [0.4, 0.5) is 0 Å². The molecule has 0 spiro atoms. The highest BCUT2D eigenvalue weighted by molar-refractivity contribution is 5.96. The summed E-state index contributed by atoms with van der Waals surface area (Å²) >= 11 is 0. The fraction of sp³-hybridized carbons (Fsp3) is 0.571. The normalized spacial score (nSPS) is 32.6. The summed E-state index contributed by atoms with van der Waals surface area (Å²) in [6.07, 6.45) is 1.52. The van der Waals surface area contributed by atoms with E-state index < -0.39 is 17.3 Å². The van der Waals surface area contributed by atoms with Crippen LogP contribution in [0.5, 0.6) is 0 Å². The molecule has 25 heavy (non-hydrogen) atoms. The van der Waals surface area contributed by atoms with Gasteiger partial charge in [0.2, 0.25) is 0 Å². The van der Waals surface area contributed by atoms with Gasteiger partial charge >= 0.3 is 5.97 Å². The van der Waals surface area contributed by atoms with Gasteiger partial charge in [-0.3, -0.25) is 9.59 Å². The zero-order chi connectivity index (χ0) is 18.4. The maximum Gasteiger partial charge on any atom is 0.310 e. The minimum atomic E-state index is -0.815. The van der Waals surface area contributed by atoms with Crippen LogP contribution in [0.15, 0.2) is 18.2 Å².